The number of carbonyl (C=O) groups is 1. The number of aromatic nitrogens is 3. The third kappa shape index (κ3) is 3.94. The summed E-state index contributed by atoms with van der Waals surface area (Å²) in [6, 6.07) is 7.55. The van der Waals surface area contributed by atoms with Gasteiger partial charge in [-0.25, -0.2) is 15.0 Å². The van der Waals surface area contributed by atoms with Gasteiger partial charge in [0.15, 0.2) is 0 Å². The molecule has 1 amide bonds. The Morgan fingerprint density at radius 1 is 1.12 bits per heavy atom. The first-order chi connectivity index (χ1) is 11.5. The van der Waals surface area contributed by atoms with E-state index in [4.69, 9.17) is 0 Å². The summed E-state index contributed by atoms with van der Waals surface area (Å²) in [5.41, 5.74) is 3.35. The van der Waals surface area contributed by atoms with Crippen molar-refractivity contribution < 1.29 is 4.79 Å². The highest BCUT2D eigenvalue weighted by atomic mass is 32.1. The van der Waals surface area contributed by atoms with Gasteiger partial charge in [-0.1, -0.05) is 0 Å². The van der Waals surface area contributed by atoms with Gasteiger partial charge in [0.1, 0.15) is 10.7 Å². The highest BCUT2D eigenvalue weighted by Crippen LogP contribution is 2.25. The number of amides is 1. The number of nitrogens with one attached hydrogen (secondary N) is 2. The zero-order valence-electron chi connectivity index (χ0n) is 13.6. The van der Waals surface area contributed by atoms with Gasteiger partial charge in [-0.05, 0) is 43.7 Å². The molecule has 2 N–H and O–H groups in total. The van der Waals surface area contributed by atoms with Crippen molar-refractivity contribution in [1.82, 2.24) is 15.0 Å². The van der Waals surface area contributed by atoms with Gasteiger partial charge in [0.05, 0.1) is 0 Å². The Morgan fingerprint density at radius 3 is 2.62 bits per heavy atom. The molecule has 3 rings (SSSR count). The van der Waals surface area contributed by atoms with E-state index in [1.54, 1.807) is 17.5 Å². The van der Waals surface area contributed by atoms with Crippen LogP contribution in [0.1, 0.15) is 17.4 Å². The summed E-state index contributed by atoms with van der Waals surface area (Å²) < 4.78 is 0. The summed E-state index contributed by atoms with van der Waals surface area (Å²) in [4.78, 5) is 25.5. The molecule has 1 aromatic carbocycles. The van der Waals surface area contributed by atoms with Gasteiger partial charge < -0.3 is 10.6 Å². The Labute approximate surface area is 144 Å². The molecule has 0 aliphatic carbocycles. The molecule has 0 aliphatic rings. The molecule has 0 radical (unpaired) electrons. The second-order valence-corrected chi connectivity index (χ2v) is 6.67. The van der Waals surface area contributed by atoms with Crippen LogP contribution in [-0.2, 0) is 4.79 Å². The minimum absolute atomic E-state index is 0.107. The average Bonchev–Trinajstić information content (AvgIpc) is 2.93. The Balaban J connectivity index is 1.86. The molecule has 0 unspecified atom stereocenters. The van der Waals surface area contributed by atoms with Crippen LogP contribution in [0.2, 0.25) is 0 Å². The number of aryl methyl sites for hydroxylation is 2. The normalized spacial score (nSPS) is 10.5. The molecule has 7 heteroatoms. The maximum Gasteiger partial charge on any atom is 0.227 e. The van der Waals surface area contributed by atoms with Gasteiger partial charge in [0.25, 0.3) is 0 Å². The largest absolute Gasteiger partial charge is 0.326 e. The SMILES string of the molecule is CC(=O)Nc1cc(C)cc(Nc2nccc(-c3ncc(C)s3)n2)c1. The molecular weight excluding hydrogens is 322 g/mol. The summed E-state index contributed by atoms with van der Waals surface area (Å²) in [5.74, 6) is 0.378. The average molecular weight is 339 g/mol. The molecule has 2 heterocycles. The van der Waals surface area contributed by atoms with Crippen LogP contribution in [0.4, 0.5) is 17.3 Å². The Hall–Kier alpha value is -2.80. The Morgan fingerprint density at radius 2 is 1.92 bits per heavy atom. The van der Waals surface area contributed by atoms with E-state index < -0.39 is 0 Å². The van der Waals surface area contributed by atoms with Gasteiger partial charge in [0, 0.05) is 35.6 Å². The van der Waals surface area contributed by atoms with E-state index in [9.17, 15) is 4.79 Å². The maximum atomic E-state index is 11.2. The number of hydrogen-bond acceptors (Lipinski definition) is 6. The number of nitrogens with zero attached hydrogens (tertiary/aromatic N) is 3. The zero-order chi connectivity index (χ0) is 17.1. The highest BCUT2D eigenvalue weighted by molar-refractivity contribution is 7.14. The third-order valence-corrected chi connectivity index (χ3v) is 4.09. The van der Waals surface area contributed by atoms with Crippen LogP contribution in [-0.4, -0.2) is 20.9 Å². The second kappa shape index (κ2) is 6.76. The molecule has 0 fully saturated rings. The van der Waals surface area contributed by atoms with E-state index in [-0.39, 0.29) is 5.91 Å². The molecule has 6 nitrogen and oxygen atoms in total. The van der Waals surface area contributed by atoms with Crippen molar-refractivity contribution in [2.45, 2.75) is 20.8 Å². The summed E-state index contributed by atoms with van der Waals surface area (Å²) in [7, 11) is 0. The third-order valence-electron chi connectivity index (χ3n) is 3.15. The molecule has 0 aliphatic heterocycles. The molecular formula is C17H17N5OS. The number of rotatable bonds is 4. The van der Waals surface area contributed by atoms with Crippen LogP contribution >= 0.6 is 11.3 Å². The molecule has 0 bridgehead atoms. The van der Waals surface area contributed by atoms with Crippen molar-refractivity contribution in [2.75, 3.05) is 10.6 Å². The zero-order valence-corrected chi connectivity index (χ0v) is 14.4. The van der Waals surface area contributed by atoms with Gasteiger partial charge in [-0.2, -0.15) is 0 Å². The van der Waals surface area contributed by atoms with Crippen LogP contribution in [0.25, 0.3) is 10.7 Å². The quantitative estimate of drug-likeness (QED) is 0.753. The minimum atomic E-state index is -0.107. The lowest BCUT2D eigenvalue weighted by molar-refractivity contribution is -0.114. The fourth-order valence-corrected chi connectivity index (χ4v) is 3.01. The standard InChI is InChI=1S/C17H17N5OS/c1-10-6-13(20-12(3)23)8-14(7-10)21-17-18-5-4-15(22-17)16-19-9-11(2)24-16/h4-9H,1-3H3,(H,20,23)(H,18,21,22). The van der Waals surface area contributed by atoms with Crippen molar-refractivity contribution >= 4 is 34.6 Å². The molecule has 0 saturated heterocycles. The molecule has 0 spiro atoms. The smallest absolute Gasteiger partial charge is 0.227 e. The van der Waals surface area contributed by atoms with E-state index in [0.717, 1.165) is 32.5 Å². The summed E-state index contributed by atoms with van der Waals surface area (Å²) >= 11 is 1.59. The molecule has 2 aromatic heterocycles. The summed E-state index contributed by atoms with van der Waals surface area (Å²) in [6.07, 6.45) is 3.53. The van der Waals surface area contributed by atoms with E-state index in [1.807, 2.05) is 44.3 Å². The van der Waals surface area contributed by atoms with E-state index >= 15 is 0 Å². The summed E-state index contributed by atoms with van der Waals surface area (Å²) in [5, 5.41) is 6.82. The van der Waals surface area contributed by atoms with Crippen LogP contribution in [0.3, 0.4) is 0 Å². The number of carbonyl (C=O) groups excluding carboxylic acids is 1. The fourth-order valence-electron chi connectivity index (χ4n) is 2.27. The minimum Gasteiger partial charge on any atom is -0.326 e. The Bertz CT molecular complexity index is 890. The Kier molecular flexibility index (Phi) is 4.52. The molecule has 24 heavy (non-hydrogen) atoms. The topological polar surface area (TPSA) is 79.8 Å². The van der Waals surface area contributed by atoms with Crippen molar-refractivity contribution in [2.24, 2.45) is 0 Å². The van der Waals surface area contributed by atoms with E-state index in [1.165, 1.54) is 6.92 Å². The van der Waals surface area contributed by atoms with Gasteiger partial charge in [-0.3, -0.25) is 4.79 Å². The first-order valence-electron chi connectivity index (χ1n) is 7.42. The van der Waals surface area contributed by atoms with Crippen LogP contribution in [0, 0.1) is 13.8 Å². The lowest BCUT2D eigenvalue weighted by atomic mass is 10.2. The van der Waals surface area contributed by atoms with Gasteiger partial charge in [-0.15, -0.1) is 11.3 Å². The van der Waals surface area contributed by atoms with Gasteiger partial charge in [0.2, 0.25) is 11.9 Å². The predicted octanol–water partition coefficient (Wildman–Crippen LogP) is 3.92. The molecule has 0 saturated carbocycles. The van der Waals surface area contributed by atoms with E-state index in [2.05, 4.69) is 25.6 Å². The number of anilines is 3. The van der Waals surface area contributed by atoms with Crippen molar-refractivity contribution in [1.29, 1.82) is 0 Å². The number of hydrogen-bond donors (Lipinski definition) is 2. The number of thiazole rings is 1. The van der Waals surface area contributed by atoms with Gasteiger partial charge >= 0.3 is 0 Å². The lowest BCUT2D eigenvalue weighted by Crippen LogP contribution is -2.06. The second-order valence-electron chi connectivity index (χ2n) is 5.44. The lowest BCUT2D eigenvalue weighted by Gasteiger charge is -2.10. The van der Waals surface area contributed by atoms with Crippen molar-refractivity contribution in [3.05, 3.63) is 47.1 Å². The predicted molar refractivity (Wildman–Crippen MR) is 96.6 cm³/mol. The first kappa shape index (κ1) is 16.1. The molecule has 122 valence electrons. The van der Waals surface area contributed by atoms with Crippen molar-refractivity contribution in [3.63, 3.8) is 0 Å². The number of benzene rings is 1. The summed E-state index contributed by atoms with van der Waals surface area (Å²) in [6.45, 7) is 5.46. The van der Waals surface area contributed by atoms with Crippen LogP contribution in [0.15, 0.2) is 36.7 Å². The molecule has 3 aromatic rings. The highest BCUT2D eigenvalue weighted by Gasteiger charge is 2.07. The molecule has 0 atom stereocenters. The van der Waals surface area contributed by atoms with Crippen molar-refractivity contribution in [3.8, 4) is 10.7 Å². The van der Waals surface area contributed by atoms with E-state index in [0.29, 0.717) is 5.95 Å². The van der Waals surface area contributed by atoms with Crippen LogP contribution in [0.5, 0.6) is 0 Å². The van der Waals surface area contributed by atoms with Crippen LogP contribution < -0.4 is 10.6 Å². The monoisotopic (exact) mass is 339 g/mol. The maximum absolute atomic E-state index is 11.2. The first-order valence-corrected chi connectivity index (χ1v) is 8.23. The fraction of sp³-hybridized carbons (Fsp3) is 0.176.